The molecule has 0 radical (unpaired) electrons. The van der Waals surface area contributed by atoms with Crippen molar-refractivity contribution in [3.05, 3.63) is 34.3 Å². The van der Waals surface area contributed by atoms with Crippen LogP contribution in [0.3, 0.4) is 0 Å². The minimum Gasteiger partial charge on any atom is -0.327 e. The molecule has 0 heterocycles. The van der Waals surface area contributed by atoms with E-state index in [4.69, 9.17) is 5.73 Å². The largest absolute Gasteiger partial charge is 0.327 e. The first kappa shape index (κ1) is 14.1. The van der Waals surface area contributed by atoms with Crippen LogP contribution in [-0.2, 0) is 6.42 Å². The average Bonchev–Trinajstić information content (AvgIpc) is 2.41. The molecule has 1 nitrogen and oxygen atoms in total. The van der Waals surface area contributed by atoms with Crippen LogP contribution in [0, 0.1) is 11.8 Å². The number of hydrogen-bond donors (Lipinski definition) is 1. The van der Waals surface area contributed by atoms with Gasteiger partial charge in [0.05, 0.1) is 0 Å². The predicted octanol–water partition coefficient (Wildman–Crippen LogP) is 4.54. The summed E-state index contributed by atoms with van der Waals surface area (Å²) in [6.45, 7) is 2.31. The fraction of sp³-hybridized carbons (Fsp3) is 0.625. The van der Waals surface area contributed by atoms with E-state index in [1.54, 1.807) is 0 Å². The third-order valence-corrected chi connectivity index (χ3v) is 5.23. The van der Waals surface area contributed by atoms with E-state index in [2.05, 4.69) is 47.1 Å². The number of benzene rings is 1. The number of halogens is 1. The van der Waals surface area contributed by atoms with Crippen LogP contribution in [0.4, 0.5) is 0 Å². The van der Waals surface area contributed by atoms with Gasteiger partial charge in [-0.05, 0) is 36.3 Å². The van der Waals surface area contributed by atoms with Gasteiger partial charge in [-0.2, -0.15) is 0 Å². The second-order valence-corrected chi connectivity index (χ2v) is 6.43. The van der Waals surface area contributed by atoms with Crippen LogP contribution in [0.5, 0.6) is 0 Å². The summed E-state index contributed by atoms with van der Waals surface area (Å²) >= 11 is 3.63. The van der Waals surface area contributed by atoms with Gasteiger partial charge in [0.25, 0.3) is 0 Å². The topological polar surface area (TPSA) is 26.0 Å². The van der Waals surface area contributed by atoms with E-state index in [0.29, 0.717) is 6.04 Å². The van der Waals surface area contributed by atoms with Gasteiger partial charge in [-0.3, -0.25) is 0 Å². The van der Waals surface area contributed by atoms with Gasteiger partial charge in [-0.25, -0.2) is 0 Å². The SMILES string of the molecule is CCC1CCCCC1C(N)Cc1ccccc1Br. The molecule has 0 aromatic heterocycles. The molecule has 0 aliphatic heterocycles. The van der Waals surface area contributed by atoms with Gasteiger partial charge in [0, 0.05) is 10.5 Å². The molecule has 100 valence electrons. The molecule has 0 saturated heterocycles. The normalized spacial score (nSPS) is 25.9. The summed E-state index contributed by atoms with van der Waals surface area (Å²) < 4.78 is 1.20. The van der Waals surface area contributed by atoms with Crippen LogP contribution in [-0.4, -0.2) is 6.04 Å². The lowest BCUT2D eigenvalue weighted by atomic mass is 9.73. The summed E-state index contributed by atoms with van der Waals surface area (Å²) in [4.78, 5) is 0. The Bertz CT molecular complexity index is 377. The molecule has 3 unspecified atom stereocenters. The molecule has 0 bridgehead atoms. The van der Waals surface area contributed by atoms with Gasteiger partial charge in [0.2, 0.25) is 0 Å². The Morgan fingerprint density at radius 1 is 1.28 bits per heavy atom. The molecular weight excluding hydrogens is 286 g/mol. The van der Waals surface area contributed by atoms with Crippen molar-refractivity contribution in [2.24, 2.45) is 17.6 Å². The van der Waals surface area contributed by atoms with Crippen molar-refractivity contribution in [1.82, 2.24) is 0 Å². The Hall–Kier alpha value is -0.340. The molecule has 1 saturated carbocycles. The Labute approximate surface area is 119 Å². The summed E-state index contributed by atoms with van der Waals surface area (Å²) in [6.07, 6.45) is 7.76. The van der Waals surface area contributed by atoms with Crippen molar-refractivity contribution in [2.75, 3.05) is 0 Å². The predicted molar refractivity (Wildman–Crippen MR) is 81.6 cm³/mol. The van der Waals surface area contributed by atoms with Crippen molar-refractivity contribution >= 4 is 15.9 Å². The fourth-order valence-electron chi connectivity index (χ4n) is 3.38. The van der Waals surface area contributed by atoms with Gasteiger partial charge >= 0.3 is 0 Å². The number of rotatable bonds is 4. The second-order valence-electron chi connectivity index (χ2n) is 5.58. The first-order valence-electron chi connectivity index (χ1n) is 7.21. The standard InChI is InChI=1S/C16H24BrN/c1-2-12-7-3-5-9-14(12)16(18)11-13-8-4-6-10-15(13)17/h4,6,8,10,12,14,16H,2-3,5,7,9,11,18H2,1H3. The van der Waals surface area contributed by atoms with Crippen LogP contribution < -0.4 is 5.73 Å². The van der Waals surface area contributed by atoms with Gasteiger partial charge in [0.15, 0.2) is 0 Å². The van der Waals surface area contributed by atoms with Gasteiger partial charge in [0.1, 0.15) is 0 Å². The van der Waals surface area contributed by atoms with Crippen LogP contribution in [0.1, 0.15) is 44.6 Å². The van der Waals surface area contributed by atoms with E-state index in [1.807, 2.05) is 0 Å². The summed E-state index contributed by atoms with van der Waals surface area (Å²) in [6, 6.07) is 8.78. The maximum Gasteiger partial charge on any atom is 0.0207 e. The summed E-state index contributed by atoms with van der Waals surface area (Å²) in [5.74, 6) is 1.56. The highest BCUT2D eigenvalue weighted by atomic mass is 79.9. The van der Waals surface area contributed by atoms with Crippen molar-refractivity contribution in [3.8, 4) is 0 Å². The van der Waals surface area contributed by atoms with Gasteiger partial charge in [-0.1, -0.05) is 66.7 Å². The molecule has 1 aromatic rings. The lowest BCUT2D eigenvalue weighted by molar-refractivity contribution is 0.195. The maximum atomic E-state index is 6.49. The molecule has 0 amide bonds. The van der Waals surface area contributed by atoms with Crippen LogP contribution >= 0.6 is 15.9 Å². The molecule has 18 heavy (non-hydrogen) atoms. The zero-order valence-corrected chi connectivity index (χ0v) is 12.8. The van der Waals surface area contributed by atoms with Crippen molar-refractivity contribution in [3.63, 3.8) is 0 Å². The van der Waals surface area contributed by atoms with E-state index < -0.39 is 0 Å². The maximum absolute atomic E-state index is 6.49. The highest BCUT2D eigenvalue weighted by Crippen LogP contribution is 2.35. The summed E-state index contributed by atoms with van der Waals surface area (Å²) in [7, 11) is 0. The number of nitrogens with two attached hydrogens (primary N) is 1. The minimum atomic E-state index is 0.314. The lowest BCUT2D eigenvalue weighted by Crippen LogP contribution is -2.38. The minimum absolute atomic E-state index is 0.314. The Morgan fingerprint density at radius 3 is 2.72 bits per heavy atom. The number of hydrogen-bond acceptors (Lipinski definition) is 1. The van der Waals surface area contributed by atoms with E-state index in [-0.39, 0.29) is 0 Å². The highest BCUT2D eigenvalue weighted by molar-refractivity contribution is 9.10. The van der Waals surface area contributed by atoms with Crippen molar-refractivity contribution in [1.29, 1.82) is 0 Å². The third-order valence-electron chi connectivity index (χ3n) is 4.46. The fourth-order valence-corrected chi connectivity index (χ4v) is 3.82. The summed E-state index contributed by atoms with van der Waals surface area (Å²) in [5, 5.41) is 0. The zero-order valence-electron chi connectivity index (χ0n) is 11.2. The van der Waals surface area contributed by atoms with Gasteiger partial charge < -0.3 is 5.73 Å². The summed E-state index contributed by atoms with van der Waals surface area (Å²) in [5.41, 5.74) is 7.85. The molecule has 3 atom stereocenters. The molecule has 0 spiro atoms. The molecule has 2 N–H and O–H groups in total. The van der Waals surface area contributed by atoms with Crippen LogP contribution in [0.15, 0.2) is 28.7 Å². The highest BCUT2D eigenvalue weighted by Gasteiger charge is 2.28. The Balaban J connectivity index is 2.02. The van der Waals surface area contributed by atoms with E-state index >= 15 is 0 Å². The second kappa shape index (κ2) is 6.72. The van der Waals surface area contributed by atoms with Crippen molar-refractivity contribution < 1.29 is 0 Å². The molecule has 1 fully saturated rings. The molecule has 2 rings (SSSR count). The Kier molecular flexibility index (Phi) is 5.25. The van der Waals surface area contributed by atoms with Crippen molar-refractivity contribution in [2.45, 2.75) is 51.5 Å². The zero-order chi connectivity index (χ0) is 13.0. The van der Waals surface area contributed by atoms with E-state index in [1.165, 1.54) is 42.1 Å². The first-order chi connectivity index (χ1) is 8.72. The smallest absolute Gasteiger partial charge is 0.0207 e. The average molecular weight is 310 g/mol. The molecule has 1 aromatic carbocycles. The molecule has 1 aliphatic rings. The monoisotopic (exact) mass is 309 g/mol. The first-order valence-corrected chi connectivity index (χ1v) is 8.00. The molecular formula is C16H24BrN. The van der Waals surface area contributed by atoms with Crippen LogP contribution in [0.2, 0.25) is 0 Å². The van der Waals surface area contributed by atoms with E-state index in [9.17, 15) is 0 Å². The van der Waals surface area contributed by atoms with Gasteiger partial charge in [-0.15, -0.1) is 0 Å². The van der Waals surface area contributed by atoms with E-state index in [0.717, 1.165) is 18.3 Å². The molecule has 1 aliphatic carbocycles. The van der Waals surface area contributed by atoms with Crippen LogP contribution in [0.25, 0.3) is 0 Å². The molecule has 2 heteroatoms. The third kappa shape index (κ3) is 3.36. The Morgan fingerprint density at radius 2 is 2.00 bits per heavy atom. The quantitative estimate of drug-likeness (QED) is 0.868. The lowest BCUT2D eigenvalue weighted by Gasteiger charge is -2.35.